The average Bonchev–Trinajstić information content (AvgIpc) is 3.87. The Hall–Kier alpha value is -6.56. The minimum atomic E-state index is -5.29. The molecule has 18 nitrogen and oxygen atoms in total. The van der Waals surface area contributed by atoms with E-state index in [-0.39, 0.29) is 43.3 Å². The Morgan fingerprint density at radius 3 is 2.03 bits per heavy atom. The largest absolute Gasteiger partial charge is 0.481 e. The first kappa shape index (κ1) is 58.7. The van der Waals surface area contributed by atoms with Gasteiger partial charge in [0.2, 0.25) is 15.9 Å². The monoisotopic (exact) mass is 1150 g/mol. The van der Waals surface area contributed by atoms with Crippen molar-refractivity contribution >= 4 is 72.1 Å². The van der Waals surface area contributed by atoms with Crippen molar-refractivity contribution in [3.63, 3.8) is 0 Å². The van der Waals surface area contributed by atoms with Crippen LogP contribution in [0, 0.1) is 17.6 Å². The second-order valence-electron chi connectivity index (χ2n) is 18.7. The number of urea groups is 1. The van der Waals surface area contributed by atoms with Crippen LogP contribution in [-0.2, 0) is 72.3 Å². The van der Waals surface area contributed by atoms with Gasteiger partial charge in [-0.25, -0.2) is 35.2 Å². The van der Waals surface area contributed by atoms with E-state index in [0.29, 0.717) is 12.3 Å². The van der Waals surface area contributed by atoms with Crippen LogP contribution in [0.3, 0.4) is 0 Å². The number of sulfonamides is 1. The molecular weight excluding hydrogens is 1100 g/mol. The number of nitrogens with zero attached hydrogens (tertiary/aromatic N) is 6. The molecule has 76 heavy (non-hydrogen) atoms. The van der Waals surface area contributed by atoms with Gasteiger partial charge in [0.15, 0.2) is 21.3 Å². The molecule has 414 valence electrons. The number of pyridine rings is 1. The van der Waals surface area contributed by atoms with Gasteiger partial charge in [0, 0.05) is 40.6 Å². The lowest BCUT2D eigenvalue weighted by atomic mass is 9.93. The number of nitrogens with one attached hydrogen (secondary N) is 2. The molecule has 0 fully saturated rings. The summed E-state index contributed by atoms with van der Waals surface area (Å²) in [5, 5.41) is 28.7. The van der Waals surface area contributed by atoms with Crippen LogP contribution >= 0.6 is 11.6 Å². The van der Waals surface area contributed by atoms with Gasteiger partial charge in [-0.3, -0.25) is 23.9 Å². The molecular formula is C45H45ClF10N8O10S2. The highest BCUT2D eigenvalue weighted by Gasteiger charge is 2.57. The number of hydrogen-bond acceptors (Lipinski definition) is 11. The predicted molar refractivity (Wildman–Crippen MR) is 250 cm³/mol. The Morgan fingerprint density at radius 1 is 0.882 bits per heavy atom. The summed E-state index contributed by atoms with van der Waals surface area (Å²) in [5.41, 5.74) is -6.18. The number of rotatable bonds is 18. The van der Waals surface area contributed by atoms with Crippen LogP contribution in [0.5, 0.6) is 0 Å². The first-order chi connectivity index (χ1) is 34.7. The van der Waals surface area contributed by atoms with Gasteiger partial charge in [-0.05, 0) is 68.9 Å². The lowest BCUT2D eigenvalue weighted by Gasteiger charge is -2.25. The fourth-order valence-corrected chi connectivity index (χ4v) is 10.1. The Balaban J connectivity index is 1.64. The smallest absolute Gasteiger partial charge is 0.435 e. The van der Waals surface area contributed by atoms with Crippen molar-refractivity contribution in [1.29, 1.82) is 0 Å². The van der Waals surface area contributed by atoms with Crippen LogP contribution in [0.15, 0.2) is 42.5 Å². The molecule has 1 aliphatic carbocycles. The van der Waals surface area contributed by atoms with Gasteiger partial charge in [0.1, 0.15) is 36.5 Å². The van der Waals surface area contributed by atoms with Gasteiger partial charge >= 0.3 is 30.3 Å². The van der Waals surface area contributed by atoms with E-state index in [4.69, 9.17) is 11.6 Å². The zero-order valence-corrected chi connectivity index (χ0v) is 42.8. The minimum Gasteiger partial charge on any atom is -0.481 e. The molecule has 0 spiro atoms. The van der Waals surface area contributed by atoms with E-state index in [1.54, 1.807) is 5.32 Å². The van der Waals surface area contributed by atoms with E-state index in [2.05, 4.69) is 20.5 Å². The number of aromatic nitrogens is 5. The topological polar surface area (TPSA) is 253 Å². The van der Waals surface area contributed by atoms with E-state index in [0.717, 1.165) is 50.4 Å². The molecule has 0 unspecified atom stereocenters. The second kappa shape index (κ2) is 20.8. The molecule has 5 aromatic rings. The summed E-state index contributed by atoms with van der Waals surface area (Å²) in [4.78, 5) is 56.0. The number of alkyl halides is 8. The third kappa shape index (κ3) is 12.3. The molecule has 0 bridgehead atoms. The van der Waals surface area contributed by atoms with Crippen molar-refractivity contribution in [2.24, 2.45) is 5.92 Å². The van der Waals surface area contributed by atoms with Crippen LogP contribution < -0.4 is 14.9 Å². The summed E-state index contributed by atoms with van der Waals surface area (Å²) in [6.07, 6.45) is -11.7. The highest BCUT2D eigenvalue weighted by molar-refractivity contribution is 7.93. The van der Waals surface area contributed by atoms with Crippen LogP contribution in [-0.4, -0.2) is 105 Å². The number of amides is 3. The number of aliphatic carboxylic acids is 2. The highest BCUT2D eigenvalue weighted by atomic mass is 35.5. The van der Waals surface area contributed by atoms with Crippen molar-refractivity contribution < 1.29 is 90.1 Å². The van der Waals surface area contributed by atoms with Crippen molar-refractivity contribution in [3.8, 4) is 11.1 Å². The lowest BCUT2D eigenvalue weighted by molar-refractivity contribution is -0.145. The predicted octanol–water partition coefficient (Wildman–Crippen LogP) is 7.91. The Bertz CT molecular complexity index is 3370. The normalized spacial score (nSPS) is 16.8. The number of benzene rings is 2. The van der Waals surface area contributed by atoms with Crippen LogP contribution in [0.2, 0.25) is 5.02 Å². The zero-order chi connectivity index (χ0) is 57.2. The quantitative estimate of drug-likeness (QED) is 0.0610. The van der Waals surface area contributed by atoms with Crippen molar-refractivity contribution in [2.75, 3.05) is 16.8 Å². The molecule has 1 aliphatic rings. The standard InChI is InChI=1S/C45H45ClF10N8O10S2/c1-20-21(2)44(52,53)38-33(20)37(45(54,55)56)60-62(38)18-31(65)58-29(15-22-13-23(47)16-24(48)14-22)35-26(8-7-25(57-35)11-12-42(3,4)75(5,71)72)27-9-10-28(46)34-36(27)63(19-43(49,50)51)61-39(34)64(76(6,73)74)41(70)59-30(40(68)69)17-32(66)67/h7-10,13-14,16,20-21,29-30H,11-12,15,17-19H2,1-6H3,(H,58,65)(H,59,70)(H,66,67)(H,68,69)/t20-,21+,29-,30-/m0/s1. The number of carbonyl (C=O) groups is 4. The summed E-state index contributed by atoms with van der Waals surface area (Å²) < 4.78 is 199. The average molecular weight is 1150 g/mol. The number of aryl methyl sites for hydroxylation is 1. The molecule has 4 atom stereocenters. The zero-order valence-electron chi connectivity index (χ0n) is 40.4. The van der Waals surface area contributed by atoms with E-state index >= 15 is 8.78 Å². The minimum absolute atomic E-state index is 0.0218. The number of halogens is 11. The molecule has 4 N–H and O–H groups in total. The third-order valence-electron chi connectivity index (χ3n) is 12.8. The number of hydrogen-bond donors (Lipinski definition) is 4. The summed E-state index contributed by atoms with van der Waals surface area (Å²) in [5.74, 6) is -15.8. The van der Waals surface area contributed by atoms with Gasteiger partial charge in [-0.15, -0.1) is 0 Å². The lowest BCUT2D eigenvalue weighted by Crippen LogP contribution is -2.50. The van der Waals surface area contributed by atoms with E-state index in [1.165, 1.54) is 19.9 Å². The second-order valence-corrected chi connectivity index (χ2v) is 23.6. The summed E-state index contributed by atoms with van der Waals surface area (Å²) in [7, 11) is -8.90. The molecule has 0 radical (unpaired) electrons. The number of fused-ring (bicyclic) bond motifs is 2. The first-order valence-corrected chi connectivity index (χ1v) is 26.4. The number of sulfone groups is 1. The van der Waals surface area contributed by atoms with Gasteiger partial charge < -0.3 is 20.8 Å². The van der Waals surface area contributed by atoms with Crippen LogP contribution in [0.1, 0.15) is 86.4 Å². The molecule has 3 aromatic heterocycles. The summed E-state index contributed by atoms with van der Waals surface area (Å²) >= 11 is 6.58. The molecule has 3 amide bonds. The Morgan fingerprint density at radius 2 is 1.49 bits per heavy atom. The van der Waals surface area contributed by atoms with Gasteiger partial charge in [-0.1, -0.05) is 37.6 Å². The fourth-order valence-electron chi connectivity index (χ4n) is 8.57. The van der Waals surface area contributed by atoms with Crippen molar-refractivity contribution in [1.82, 2.24) is 35.2 Å². The molecule has 0 saturated heterocycles. The van der Waals surface area contributed by atoms with Crippen LogP contribution in [0.4, 0.5) is 54.5 Å². The fraction of sp³-hybridized carbons (Fsp3) is 0.444. The first-order valence-electron chi connectivity index (χ1n) is 22.2. The number of anilines is 1. The number of carboxylic acids is 2. The summed E-state index contributed by atoms with van der Waals surface area (Å²) in [6, 6.07) is 0.317. The van der Waals surface area contributed by atoms with E-state index in [9.17, 15) is 81.4 Å². The van der Waals surface area contributed by atoms with Gasteiger partial charge in [0.25, 0.3) is 5.92 Å². The molecule has 0 saturated carbocycles. The van der Waals surface area contributed by atoms with E-state index in [1.807, 2.05) is 0 Å². The Kier molecular flexibility index (Phi) is 16.0. The Labute approximate surface area is 430 Å². The SMILES string of the molecule is C[C@@H]1c2c(C(F)(F)F)nn(CC(=O)N[C@@H](Cc3cc(F)cc(F)c3)c3nc(CCC(C)(C)S(C)(=O)=O)ccc3-c3ccc(Cl)c4c(N(C(=O)N[C@@H](CC(=O)O)C(=O)O)S(C)(=O)=O)nn(CC(F)(F)F)c34)c2C(F)(F)[C@@H]1C. The van der Waals surface area contributed by atoms with E-state index < -0.39 is 178 Å². The van der Waals surface area contributed by atoms with Crippen molar-refractivity contribution in [3.05, 3.63) is 93.0 Å². The van der Waals surface area contributed by atoms with Gasteiger partial charge in [-0.2, -0.15) is 49.6 Å². The van der Waals surface area contributed by atoms with Gasteiger partial charge in [0.05, 0.1) is 45.1 Å². The maximum absolute atomic E-state index is 15.8. The molecule has 6 rings (SSSR count). The summed E-state index contributed by atoms with van der Waals surface area (Å²) in [6.45, 7) is 1.37. The molecule has 0 aliphatic heterocycles. The van der Waals surface area contributed by atoms with Crippen molar-refractivity contribution in [2.45, 2.75) is 107 Å². The highest BCUT2D eigenvalue weighted by Crippen LogP contribution is 2.55. The maximum atomic E-state index is 15.8. The molecule has 3 heterocycles. The maximum Gasteiger partial charge on any atom is 0.435 e. The molecule has 2 aromatic carbocycles. The third-order valence-corrected chi connectivity index (χ3v) is 16.3. The molecule has 31 heteroatoms. The number of carboxylic acid groups (broad SMARTS) is 2. The van der Waals surface area contributed by atoms with Crippen LogP contribution in [0.25, 0.3) is 22.0 Å². The number of carbonyl (C=O) groups excluding carboxylic acids is 2.